The van der Waals surface area contributed by atoms with E-state index in [-0.39, 0.29) is 39.2 Å². The maximum Gasteiger partial charge on any atom is 0.252 e. The zero-order chi connectivity index (χ0) is 53.0. The number of hydrogen-bond donors (Lipinski definition) is 0. The van der Waals surface area contributed by atoms with Crippen molar-refractivity contribution in [2.75, 3.05) is 9.80 Å². The minimum absolute atomic E-state index is 0.0262. The zero-order valence-corrected chi connectivity index (χ0v) is 48.4. The number of rotatable bonds is 3. The number of anilines is 6. The monoisotopic (exact) mass is 987 g/mol. The fourth-order valence-electron chi connectivity index (χ4n) is 15.4. The summed E-state index contributed by atoms with van der Waals surface area (Å²) in [6.45, 7) is 41.1. The molecule has 3 nitrogen and oxygen atoms in total. The van der Waals surface area contributed by atoms with Gasteiger partial charge in [-0.3, -0.25) is 0 Å². The summed E-state index contributed by atoms with van der Waals surface area (Å²) < 4.78 is 7.23. The molecule has 0 bridgehead atoms. The third-order valence-electron chi connectivity index (χ3n) is 20.4. The maximum absolute atomic E-state index is 7.23. The minimum atomic E-state index is -0.0543. The molecule has 0 amide bonds. The van der Waals surface area contributed by atoms with Crippen LogP contribution in [0.25, 0.3) is 33.1 Å². The van der Waals surface area contributed by atoms with Crippen LogP contribution in [-0.2, 0) is 32.5 Å². The second-order valence-corrected chi connectivity index (χ2v) is 28.4. The number of benzene rings is 7. The summed E-state index contributed by atoms with van der Waals surface area (Å²) in [5.74, 6) is 0. The van der Waals surface area contributed by atoms with Crippen LogP contribution in [0.5, 0.6) is 0 Å². The van der Waals surface area contributed by atoms with Gasteiger partial charge < -0.3 is 14.2 Å². The topological polar surface area (TPSA) is 19.6 Å². The molecule has 0 saturated heterocycles. The van der Waals surface area contributed by atoms with E-state index in [0.717, 1.165) is 30.4 Å². The van der Waals surface area contributed by atoms with Crippen molar-refractivity contribution < 1.29 is 4.42 Å². The minimum Gasteiger partial charge on any atom is -0.456 e. The van der Waals surface area contributed by atoms with Crippen molar-refractivity contribution in [2.45, 2.75) is 189 Å². The maximum atomic E-state index is 7.23. The fourth-order valence-corrected chi connectivity index (χ4v) is 15.4. The molecule has 0 fully saturated rings. The molecule has 75 heavy (non-hydrogen) atoms. The Morgan fingerprint density at radius 1 is 0.400 bits per heavy atom. The second kappa shape index (κ2) is 15.6. The Labute approximate surface area is 449 Å². The molecule has 0 radical (unpaired) electrons. The number of nitrogens with zero attached hydrogens (tertiary/aromatic N) is 2. The molecule has 7 aromatic carbocycles. The largest absolute Gasteiger partial charge is 0.456 e. The predicted molar refractivity (Wildman–Crippen MR) is 323 cm³/mol. The van der Waals surface area contributed by atoms with Gasteiger partial charge >= 0.3 is 0 Å². The fraction of sp³-hybridized carbons (Fsp3) is 0.408. The lowest BCUT2D eigenvalue weighted by molar-refractivity contribution is 0.332. The quantitative estimate of drug-likeness (QED) is 0.165. The molecule has 0 N–H and O–H groups in total. The summed E-state index contributed by atoms with van der Waals surface area (Å²) in [7, 11) is 0. The van der Waals surface area contributed by atoms with Crippen LogP contribution < -0.4 is 26.2 Å². The highest BCUT2D eigenvalue weighted by Gasteiger charge is 2.48. The first-order valence-corrected chi connectivity index (χ1v) is 28.5. The highest BCUT2D eigenvalue weighted by molar-refractivity contribution is 7.00. The van der Waals surface area contributed by atoms with Crippen LogP contribution in [0.1, 0.15) is 183 Å². The molecule has 3 heterocycles. The normalized spacial score (nSPS) is 19.8. The van der Waals surface area contributed by atoms with Crippen molar-refractivity contribution in [2.24, 2.45) is 0 Å². The molecule has 8 aromatic rings. The Hall–Kier alpha value is -6.00. The van der Waals surface area contributed by atoms with E-state index in [1.165, 1.54) is 153 Å². The Kier molecular flexibility index (Phi) is 10.1. The first kappa shape index (κ1) is 48.6. The molecule has 13 rings (SSSR count). The average Bonchev–Trinajstić information content (AvgIpc) is 3.76. The first-order chi connectivity index (χ1) is 35.2. The van der Waals surface area contributed by atoms with Gasteiger partial charge in [0.1, 0.15) is 11.2 Å². The van der Waals surface area contributed by atoms with Gasteiger partial charge in [0.05, 0.1) is 11.1 Å². The Bertz CT molecular complexity index is 3790. The SMILES string of the molecule is Cc1cc2c3c(c1)N(c1cc4c(cc1C)C(C)(C)CCC4(C)C)c1c(ccc4oc5cc6c(cc5c14)C(C)(C)CCC6(C)C)B3c1cc(-c3c(C)cccc3C)ccc1N2c1cc2c(cc1C)C(C)(C)CCC2(C)C. The van der Waals surface area contributed by atoms with Gasteiger partial charge in [0, 0.05) is 33.8 Å². The van der Waals surface area contributed by atoms with E-state index in [2.05, 4.69) is 225 Å². The Balaban J connectivity index is 1.18. The van der Waals surface area contributed by atoms with Gasteiger partial charge in [0.15, 0.2) is 0 Å². The summed E-state index contributed by atoms with van der Waals surface area (Å²) in [5.41, 5.74) is 32.0. The molecular formula is C71H79BN2O. The third kappa shape index (κ3) is 6.91. The van der Waals surface area contributed by atoms with E-state index >= 15 is 0 Å². The van der Waals surface area contributed by atoms with Crippen molar-refractivity contribution in [1.29, 1.82) is 0 Å². The van der Waals surface area contributed by atoms with E-state index in [4.69, 9.17) is 4.42 Å². The molecule has 2 aliphatic heterocycles. The summed E-state index contributed by atoms with van der Waals surface area (Å²) in [6.07, 6.45) is 7.02. The van der Waals surface area contributed by atoms with Gasteiger partial charge in [-0.25, -0.2) is 0 Å². The molecule has 0 unspecified atom stereocenters. The van der Waals surface area contributed by atoms with Crippen LogP contribution in [0, 0.1) is 34.6 Å². The van der Waals surface area contributed by atoms with E-state index in [1.54, 1.807) is 0 Å². The molecule has 4 heteroatoms. The molecule has 0 spiro atoms. The number of fused-ring (bicyclic) bond motifs is 11. The summed E-state index contributed by atoms with van der Waals surface area (Å²) in [6, 6.07) is 39.4. The highest BCUT2D eigenvalue weighted by atomic mass is 16.3. The number of furan rings is 1. The first-order valence-electron chi connectivity index (χ1n) is 28.5. The predicted octanol–water partition coefficient (Wildman–Crippen LogP) is 17.9. The van der Waals surface area contributed by atoms with Gasteiger partial charge in [-0.2, -0.15) is 0 Å². The van der Waals surface area contributed by atoms with Gasteiger partial charge in [-0.15, -0.1) is 0 Å². The molecule has 0 atom stereocenters. The van der Waals surface area contributed by atoms with Crippen molar-refractivity contribution in [3.8, 4) is 11.1 Å². The number of aryl methyl sites for hydroxylation is 5. The van der Waals surface area contributed by atoms with Crippen molar-refractivity contribution in [3.63, 3.8) is 0 Å². The lowest BCUT2D eigenvalue weighted by atomic mass is 9.33. The zero-order valence-electron chi connectivity index (χ0n) is 48.4. The van der Waals surface area contributed by atoms with Crippen LogP contribution in [-0.4, -0.2) is 6.71 Å². The van der Waals surface area contributed by atoms with Crippen molar-refractivity contribution in [3.05, 3.63) is 158 Å². The Morgan fingerprint density at radius 3 is 1.40 bits per heavy atom. The third-order valence-corrected chi connectivity index (χ3v) is 20.4. The van der Waals surface area contributed by atoms with Gasteiger partial charge in [-0.1, -0.05) is 132 Å². The second-order valence-electron chi connectivity index (χ2n) is 28.4. The molecule has 382 valence electrons. The van der Waals surface area contributed by atoms with Crippen LogP contribution in [0.4, 0.5) is 34.1 Å². The van der Waals surface area contributed by atoms with Crippen LogP contribution >= 0.6 is 0 Å². The molecular weight excluding hydrogens is 908 g/mol. The average molecular weight is 987 g/mol. The van der Waals surface area contributed by atoms with E-state index < -0.39 is 0 Å². The smallest absolute Gasteiger partial charge is 0.252 e. The molecule has 1 aromatic heterocycles. The highest BCUT2D eigenvalue weighted by Crippen LogP contribution is 2.56. The van der Waals surface area contributed by atoms with Crippen LogP contribution in [0.15, 0.2) is 101 Å². The Morgan fingerprint density at radius 2 is 0.867 bits per heavy atom. The van der Waals surface area contributed by atoms with Gasteiger partial charge in [-0.05, 0) is 243 Å². The lowest BCUT2D eigenvalue weighted by Crippen LogP contribution is -2.61. The lowest BCUT2D eigenvalue weighted by Gasteiger charge is -2.47. The van der Waals surface area contributed by atoms with E-state index in [1.807, 2.05) is 0 Å². The molecule has 5 aliphatic rings. The van der Waals surface area contributed by atoms with Gasteiger partial charge in [0.25, 0.3) is 6.71 Å². The summed E-state index contributed by atoms with van der Waals surface area (Å²) >= 11 is 0. The summed E-state index contributed by atoms with van der Waals surface area (Å²) in [5, 5.41) is 2.45. The van der Waals surface area contributed by atoms with Crippen LogP contribution in [0.3, 0.4) is 0 Å². The molecule has 3 aliphatic carbocycles. The molecule has 0 saturated carbocycles. The van der Waals surface area contributed by atoms with E-state index in [0.29, 0.717) is 0 Å². The van der Waals surface area contributed by atoms with Crippen LogP contribution in [0.2, 0.25) is 0 Å². The van der Waals surface area contributed by atoms with Gasteiger partial charge in [0.2, 0.25) is 0 Å². The van der Waals surface area contributed by atoms with E-state index in [9.17, 15) is 0 Å². The van der Waals surface area contributed by atoms with Crippen molar-refractivity contribution in [1.82, 2.24) is 0 Å². The van der Waals surface area contributed by atoms with Crippen molar-refractivity contribution >= 4 is 79.2 Å². The standard InChI is InChI=1S/C71H79BN2O/c1-40-31-58-64-59(32-40)74(57-38-51-48(34-44(57)5)67(8,9)26-29-70(51,14)15)65-53(22-24-60-63(65)46-36-49-52(39-61(46)75-60)71(16,17)30-27-68(49,10)11)72(64)54-35-45(62-41(2)19-18-20-42(62)3)21-23-55(54)73(58)56-37-50-47(33-43(56)4)66(6,7)25-28-69(50,12)13/h18-24,31-39H,25-30H2,1-17H3. The number of hydrogen-bond acceptors (Lipinski definition) is 3. The summed E-state index contributed by atoms with van der Waals surface area (Å²) in [4.78, 5) is 5.43.